The number of rotatable bonds is 7. The van der Waals surface area contributed by atoms with E-state index in [0.29, 0.717) is 12.5 Å². The number of amides is 2. The molecule has 2 rings (SSSR count). The first-order chi connectivity index (χ1) is 10.6. The van der Waals surface area contributed by atoms with Gasteiger partial charge in [-0.25, -0.2) is 4.79 Å². The van der Waals surface area contributed by atoms with Gasteiger partial charge in [0.1, 0.15) is 0 Å². The largest absolute Gasteiger partial charge is 0.385 e. The van der Waals surface area contributed by atoms with E-state index in [0.717, 1.165) is 50.5 Å². The highest BCUT2D eigenvalue weighted by Crippen LogP contribution is 2.16. The fourth-order valence-electron chi connectivity index (χ4n) is 2.74. The van der Waals surface area contributed by atoms with Crippen molar-refractivity contribution in [3.63, 3.8) is 0 Å². The maximum atomic E-state index is 11.9. The number of carbonyl (C=O) groups is 1. The van der Waals surface area contributed by atoms with Gasteiger partial charge in [-0.3, -0.25) is 4.68 Å². The normalized spacial score (nSPS) is 18.6. The maximum absolute atomic E-state index is 11.9. The van der Waals surface area contributed by atoms with Crippen LogP contribution in [0.2, 0.25) is 0 Å². The number of anilines is 1. The molecule has 1 aliphatic rings. The highest BCUT2D eigenvalue weighted by Gasteiger charge is 2.22. The molecule has 124 valence electrons. The van der Waals surface area contributed by atoms with Crippen molar-refractivity contribution in [2.24, 2.45) is 13.0 Å². The number of aromatic nitrogens is 2. The average Bonchev–Trinajstić information content (AvgIpc) is 3.07. The molecule has 7 nitrogen and oxygen atoms in total. The topological polar surface area (TPSA) is 71.4 Å². The maximum Gasteiger partial charge on any atom is 0.319 e. The second kappa shape index (κ2) is 8.14. The number of aryl methyl sites for hydroxylation is 1. The van der Waals surface area contributed by atoms with Crippen LogP contribution < -0.4 is 10.6 Å². The molecule has 0 aromatic carbocycles. The summed E-state index contributed by atoms with van der Waals surface area (Å²) in [7, 11) is 3.59. The van der Waals surface area contributed by atoms with Gasteiger partial charge in [0, 0.05) is 40.4 Å². The zero-order chi connectivity index (χ0) is 15.9. The van der Waals surface area contributed by atoms with Crippen LogP contribution in [0.25, 0.3) is 0 Å². The van der Waals surface area contributed by atoms with Crippen molar-refractivity contribution in [2.45, 2.75) is 19.8 Å². The lowest BCUT2D eigenvalue weighted by Crippen LogP contribution is -2.34. The molecule has 2 heterocycles. The van der Waals surface area contributed by atoms with E-state index in [2.05, 4.69) is 20.6 Å². The minimum absolute atomic E-state index is 0.158. The van der Waals surface area contributed by atoms with Crippen LogP contribution in [0.4, 0.5) is 10.5 Å². The van der Waals surface area contributed by atoms with Crippen molar-refractivity contribution in [1.29, 1.82) is 0 Å². The summed E-state index contributed by atoms with van der Waals surface area (Å²) in [5.41, 5.74) is 1.70. The molecule has 0 spiro atoms. The molecule has 1 fully saturated rings. The number of carbonyl (C=O) groups excluding carboxylic acids is 1. The van der Waals surface area contributed by atoms with Gasteiger partial charge in [0.25, 0.3) is 0 Å². The van der Waals surface area contributed by atoms with E-state index in [1.807, 2.05) is 14.0 Å². The van der Waals surface area contributed by atoms with Crippen LogP contribution in [0.5, 0.6) is 0 Å². The number of ether oxygens (including phenoxy) is 1. The van der Waals surface area contributed by atoms with Crippen LogP contribution in [0.1, 0.15) is 18.5 Å². The lowest BCUT2D eigenvalue weighted by Gasteiger charge is -2.16. The predicted molar refractivity (Wildman–Crippen MR) is 86.0 cm³/mol. The van der Waals surface area contributed by atoms with Gasteiger partial charge in [0.2, 0.25) is 0 Å². The molecular weight excluding hydrogens is 282 g/mol. The van der Waals surface area contributed by atoms with Gasteiger partial charge in [0.05, 0.1) is 17.6 Å². The summed E-state index contributed by atoms with van der Waals surface area (Å²) in [4.78, 5) is 14.4. The van der Waals surface area contributed by atoms with E-state index < -0.39 is 0 Å². The van der Waals surface area contributed by atoms with Gasteiger partial charge in [-0.15, -0.1) is 0 Å². The molecule has 22 heavy (non-hydrogen) atoms. The summed E-state index contributed by atoms with van der Waals surface area (Å²) < 4.78 is 6.82. The predicted octanol–water partition coefficient (Wildman–Crippen LogP) is 1.21. The van der Waals surface area contributed by atoms with Crippen molar-refractivity contribution in [1.82, 2.24) is 20.0 Å². The summed E-state index contributed by atoms with van der Waals surface area (Å²) >= 11 is 0. The second-order valence-electron chi connectivity index (χ2n) is 5.90. The molecule has 2 amide bonds. The average molecular weight is 309 g/mol. The van der Waals surface area contributed by atoms with Gasteiger partial charge >= 0.3 is 6.03 Å². The van der Waals surface area contributed by atoms with Gasteiger partial charge in [-0.05, 0) is 32.2 Å². The third kappa shape index (κ3) is 4.71. The molecule has 0 unspecified atom stereocenters. The molecule has 1 atom stereocenters. The Morgan fingerprint density at radius 2 is 2.36 bits per heavy atom. The van der Waals surface area contributed by atoms with Gasteiger partial charge in [0.15, 0.2) is 0 Å². The first-order valence-electron chi connectivity index (χ1n) is 7.85. The lowest BCUT2D eigenvalue weighted by atomic mass is 10.1. The first-order valence-corrected chi connectivity index (χ1v) is 7.85. The fraction of sp³-hybridized carbons (Fsp3) is 0.733. The van der Waals surface area contributed by atoms with Crippen LogP contribution in [-0.4, -0.2) is 60.6 Å². The van der Waals surface area contributed by atoms with Crippen molar-refractivity contribution < 1.29 is 9.53 Å². The van der Waals surface area contributed by atoms with Gasteiger partial charge < -0.3 is 20.3 Å². The summed E-state index contributed by atoms with van der Waals surface area (Å²) in [5.74, 6) is 0.531. The molecule has 1 saturated heterocycles. The lowest BCUT2D eigenvalue weighted by molar-refractivity contribution is 0.178. The molecule has 1 aromatic rings. The van der Waals surface area contributed by atoms with Crippen LogP contribution in [0, 0.1) is 12.8 Å². The SMILES string of the molecule is COCCCN1CC[C@@H](CNC(=O)Nc2cnn(C)c2C)C1. The minimum atomic E-state index is -0.158. The Morgan fingerprint density at radius 3 is 3.05 bits per heavy atom. The minimum Gasteiger partial charge on any atom is -0.385 e. The van der Waals surface area contributed by atoms with Gasteiger partial charge in [-0.2, -0.15) is 5.10 Å². The van der Waals surface area contributed by atoms with Crippen LogP contribution in [-0.2, 0) is 11.8 Å². The molecule has 1 aromatic heterocycles. The zero-order valence-electron chi connectivity index (χ0n) is 13.8. The Bertz CT molecular complexity index is 488. The molecule has 7 heteroatoms. The van der Waals surface area contributed by atoms with E-state index in [1.165, 1.54) is 0 Å². The Hall–Kier alpha value is -1.60. The fourth-order valence-corrected chi connectivity index (χ4v) is 2.74. The molecule has 0 radical (unpaired) electrons. The highest BCUT2D eigenvalue weighted by molar-refractivity contribution is 5.89. The Morgan fingerprint density at radius 1 is 1.55 bits per heavy atom. The number of nitrogens with one attached hydrogen (secondary N) is 2. The first kappa shape index (κ1) is 16.8. The third-order valence-electron chi connectivity index (χ3n) is 4.23. The summed E-state index contributed by atoms with van der Waals surface area (Å²) in [6.45, 7) is 6.69. The van der Waals surface area contributed by atoms with Gasteiger partial charge in [-0.1, -0.05) is 0 Å². The van der Waals surface area contributed by atoms with E-state index in [-0.39, 0.29) is 6.03 Å². The summed E-state index contributed by atoms with van der Waals surface area (Å²) in [5, 5.41) is 9.91. The molecule has 0 bridgehead atoms. The molecule has 1 aliphatic heterocycles. The van der Waals surface area contributed by atoms with E-state index in [1.54, 1.807) is 18.0 Å². The Balaban J connectivity index is 1.66. The van der Waals surface area contributed by atoms with Crippen molar-refractivity contribution in [3.8, 4) is 0 Å². The number of nitrogens with zero attached hydrogens (tertiary/aromatic N) is 3. The highest BCUT2D eigenvalue weighted by atomic mass is 16.5. The number of urea groups is 1. The zero-order valence-corrected chi connectivity index (χ0v) is 13.8. The molecule has 0 saturated carbocycles. The quantitative estimate of drug-likeness (QED) is 0.743. The smallest absolute Gasteiger partial charge is 0.319 e. The van der Waals surface area contributed by atoms with E-state index >= 15 is 0 Å². The Labute approximate surface area is 132 Å². The van der Waals surface area contributed by atoms with Crippen molar-refractivity contribution in [2.75, 3.05) is 45.2 Å². The standard InChI is InChI=1S/C15H27N5O2/c1-12-14(10-17-19(12)2)18-15(21)16-9-13-5-7-20(11-13)6-4-8-22-3/h10,13H,4-9,11H2,1-3H3,(H2,16,18,21)/t13-/m0/s1. The summed E-state index contributed by atoms with van der Waals surface area (Å²) in [6.07, 6.45) is 3.87. The molecule has 2 N–H and O–H groups in total. The monoisotopic (exact) mass is 309 g/mol. The number of likely N-dealkylation sites (tertiary alicyclic amines) is 1. The second-order valence-corrected chi connectivity index (χ2v) is 5.90. The molecular formula is C15H27N5O2. The van der Waals surface area contributed by atoms with Crippen molar-refractivity contribution >= 4 is 11.7 Å². The van der Waals surface area contributed by atoms with Crippen LogP contribution in [0.15, 0.2) is 6.20 Å². The van der Waals surface area contributed by atoms with E-state index in [9.17, 15) is 4.79 Å². The van der Waals surface area contributed by atoms with Crippen LogP contribution in [0.3, 0.4) is 0 Å². The molecule has 0 aliphatic carbocycles. The van der Waals surface area contributed by atoms with E-state index in [4.69, 9.17) is 4.74 Å². The number of methoxy groups -OCH3 is 1. The number of hydrogen-bond donors (Lipinski definition) is 2. The third-order valence-corrected chi connectivity index (χ3v) is 4.23. The number of hydrogen-bond acceptors (Lipinski definition) is 4. The van der Waals surface area contributed by atoms with Crippen LogP contribution >= 0.6 is 0 Å². The summed E-state index contributed by atoms with van der Waals surface area (Å²) in [6, 6.07) is -0.158. The Kier molecular flexibility index (Phi) is 6.21. The van der Waals surface area contributed by atoms with Crippen molar-refractivity contribution in [3.05, 3.63) is 11.9 Å².